The molecule has 1 unspecified atom stereocenters. The quantitative estimate of drug-likeness (QED) is 0.848. The topological polar surface area (TPSA) is 62.0 Å². The summed E-state index contributed by atoms with van der Waals surface area (Å²) in [7, 11) is 0. The molecule has 0 aliphatic heterocycles. The van der Waals surface area contributed by atoms with Crippen molar-refractivity contribution in [3.8, 4) is 0 Å². The first kappa shape index (κ1) is 15.1. The monoisotopic (exact) mass is 300 g/mol. The number of nitrogens with zero attached hydrogens (tertiary/aromatic N) is 1. The minimum atomic E-state index is -1.32. The van der Waals surface area contributed by atoms with Crippen LogP contribution in [0.3, 0.4) is 0 Å². The van der Waals surface area contributed by atoms with Crippen LogP contribution in [0.5, 0.6) is 0 Å². The highest BCUT2D eigenvalue weighted by molar-refractivity contribution is 7.90. The summed E-state index contributed by atoms with van der Waals surface area (Å²) in [5.41, 5.74) is 1.05. The maximum absolute atomic E-state index is 11.7. The number of rotatable bonds is 5. The van der Waals surface area contributed by atoms with Crippen LogP contribution in [0, 0.1) is 5.92 Å². The summed E-state index contributed by atoms with van der Waals surface area (Å²) in [5, 5.41) is 6.26. The van der Waals surface area contributed by atoms with Crippen LogP contribution < -0.4 is 5.14 Å². The van der Waals surface area contributed by atoms with Crippen LogP contribution in [0.1, 0.15) is 51.1 Å². The van der Waals surface area contributed by atoms with E-state index in [4.69, 9.17) is 16.7 Å². The first-order valence-electron chi connectivity index (χ1n) is 6.68. The second-order valence-corrected chi connectivity index (χ2v) is 8.10. The van der Waals surface area contributed by atoms with Crippen molar-refractivity contribution in [2.45, 2.75) is 50.2 Å². The zero-order valence-corrected chi connectivity index (χ0v) is 13.0. The Kier molecular flexibility index (Phi) is 4.77. The van der Waals surface area contributed by atoms with Crippen LogP contribution in [0.15, 0.2) is 18.3 Å². The van der Waals surface area contributed by atoms with Crippen molar-refractivity contribution in [2.75, 3.05) is 0 Å². The minimum Gasteiger partial charge on any atom is -0.598 e. The van der Waals surface area contributed by atoms with Gasteiger partial charge in [0.2, 0.25) is 0 Å². The Hall–Kier alpha value is -0.290. The second-order valence-electron chi connectivity index (χ2n) is 5.96. The summed E-state index contributed by atoms with van der Waals surface area (Å²) in [6.45, 7) is 3.93. The number of halogens is 1. The molecule has 2 atom stereocenters. The van der Waals surface area contributed by atoms with E-state index < -0.39 is 11.4 Å². The fraction of sp³-hybridized carbons (Fsp3) is 0.643. The Morgan fingerprint density at radius 1 is 1.53 bits per heavy atom. The first-order chi connectivity index (χ1) is 8.90. The fourth-order valence-electron chi connectivity index (χ4n) is 2.57. The Labute approximate surface area is 123 Å². The van der Waals surface area contributed by atoms with E-state index in [9.17, 15) is 4.55 Å². The van der Waals surface area contributed by atoms with Gasteiger partial charge in [0.1, 0.15) is 4.75 Å². The molecule has 0 saturated heterocycles. The molecule has 1 aromatic rings. The van der Waals surface area contributed by atoms with Gasteiger partial charge >= 0.3 is 0 Å². The molecule has 0 bridgehead atoms. The van der Waals surface area contributed by atoms with E-state index in [0.717, 1.165) is 12.1 Å². The molecule has 1 fully saturated rings. The van der Waals surface area contributed by atoms with Crippen molar-refractivity contribution < 1.29 is 4.55 Å². The molecule has 1 saturated carbocycles. The van der Waals surface area contributed by atoms with Crippen LogP contribution in [-0.2, 0) is 11.4 Å². The second kappa shape index (κ2) is 6.00. The number of hydrogen-bond donors (Lipinski definition) is 1. The third kappa shape index (κ3) is 3.63. The van der Waals surface area contributed by atoms with E-state index in [1.54, 1.807) is 6.20 Å². The van der Waals surface area contributed by atoms with Gasteiger partial charge in [0.05, 0.1) is 5.02 Å². The zero-order chi connectivity index (χ0) is 14.0. The van der Waals surface area contributed by atoms with E-state index in [-0.39, 0.29) is 4.75 Å². The SMILES string of the molecule is CC(C)(C[C@H](c1ccc(Cl)cn1)C1CCC1)[S+](N)[O-]. The fourth-order valence-corrected chi connectivity index (χ4v) is 3.03. The molecule has 0 spiro atoms. The van der Waals surface area contributed by atoms with Gasteiger partial charge in [0.15, 0.2) is 0 Å². The number of hydrogen-bond acceptors (Lipinski definition) is 3. The van der Waals surface area contributed by atoms with Crippen molar-refractivity contribution >= 4 is 23.0 Å². The number of aromatic nitrogens is 1. The molecule has 19 heavy (non-hydrogen) atoms. The lowest BCUT2D eigenvalue weighted by atomic mass is 9.71. The summed E-state index contributed by atoms with van der Waals surface area (Å²) in [4.78, 5) is 4.45. The van der Waals surface area contributed by atoms with E-state index >= 15 is 0 Å². The van der Waals surface area contributed by atoms with Crippen LogP contribution in [0.25, 0.3) is 0 Å². The standard InChI is InChI=1S/C14H21ClN2OS/c1-14(2,19(16)18)8-12(10-4-3-5-10)13-7-6-11(15)9-17-13/h6-7,9-10,12H,3-5,8,16H2,1-2H3/t12-,19?/m0/s1. The molecule has 1 aliphatic rings. The molecule has 1 heterocycles. The third-order valence-electron chi connectivity index (χ3n) is 4.11. The largest absolute Gasteiger partial charge is 0.598 e. The van der Waals surface area contributed by atoms with Gasteiger partial charge in [-0.15, -0.1) is 0 Å². The van der Waals surface area contributed by atoms with E-state index in [1.807, 2.05) is 26.0 Å². The van der Waals surface area contributed by atoms with E-state index in [2.05, 4.69) is 4.98 Å². The molecule has 1 aliphatic carbocycles. The lowest BCUT2D eigenvalue weighted by Gasteiger charge is -2.37. The van der Waals surface area contributed by atoms with Gasteiger partial charge in [0.25, 0.3) is 0 Å². The average Bonchev–Trinajstić information content (AvgIpc) is 2.26. The van der Waals surface area contributed by atoms with Crippen molar-refractivity contribution in [1.29, 1.82) is 0 Å². The van der Waals surface area contributed by atoms with Crippen molar-refractivity contribution in [3.05, 3.63) is 29.0 Å². The first-order valence-corrected chi connectivity index (χ1v) is 8.27. The summed E-state index contributed by atoms with van der Waals surface area (Å²) >= 11 is 4.57. The van der Waals surface area contributed by atoms with Crippen molar-refractivity contribution in [3.63, 3.8) is 0 Å². The van der Waals surface area contributed by atoms with Gasteiger partial charge in [0, 0.05) is 35.6 Å². The van der Waals surface area contributed by atoms with Gasteiger partial charge in [-0.1, -0.05) is 18.0 Å². The van der Waals surface area contributed by atoms with E-state index in [0.29, 0.717) is 16.9 Å². The molecule has 1 aromatic heterocycles. The molecule has 5 heteroatoms. The molecular formula is C14H21ClN2OS. The molecule has 3 nitrogen and oxygen atoms in total. The van der Waals surface area contributed by atoms with Crippen LogP contribution in [0.4, 0.5) is 0 Å². The number of pyridine rings is 1. The zero-order valence-electron chi connectivity index (χ0n) is 11.4. The smallest absolute Gasteiger partial charge is 0.140 e. The predicted molar refractivity (Wildman–Crippen MR) is 80.4 cm³/mol. The summed E-state index contributed by atoms with van der Waals surface area (Å²) in [6, 6.07) is 3.86. The Morgan fingerprint density at radius 3 is 2.63 bits per heavy atom. The maximum Gasteiger partial charge on any atom is 0.140 e. The van der Waals surface area contributed by atoms with Crippen LogP contribution >= 0.6 is 11.6 Å². The summed E-state index contributed by atoms with van der Waals surface area (Å²) < 4.78 is 11.3. The predicted octanol–water partition coefficient (Wildman–Crippen LogP) is 3.41. The molecule has 106 valence electrons. The average molecular weight is 301 g/mol. The van der Waals surface area contributed by atoms with Crippen molar-refractivity contribution in [1.82, 2.24) is 4.98 Å². The molecule has 0 amide bonds. The van der Waals surface area contributed by atoms with Gasteiger partial charge < -0.3 is 4.55 Å². The van der Waals surface area contributed by atoms with Gasteiger partial charge in [-0.2, -0.15) is 5.14 Å². The van der Waals surface area contributed by atoms with Crippen molar-refractivity contribution in [2.24, 2.45) is 11.1 Å². The molecule has 0 aromatic carbocycles. The molecular weight excluding hydrogens is 280 g/mol. The lowest BCUT2D eigenvalue weighted by Crippen LogP contribution is -2.40. The molecule has 2 N–H and O–H groups in total. The Bertz CT molecular complexity index is 418. The highest BCUT2D eigenvalue weighted by atomic mass is 35.5. The maximum atomic E-state index is 11.7. The highest BCUT2D eigenvalue weighted by Gasteiger charge is 2.39. The lowest BCUT2D eigenvalue weighted by molar-refractivity contribution is 0.237. The van der Waals surface area contributed by atoms with Gasteiger partial charge in [-0.25, -0.2) is 0 Å². The van der Waals surface area contributed by atoms with Crippen LogP contribution in [-0.4, -0.2) is 14.3 Å². The van der Waals surface area contributed by atoms with Gasteiger partial charge in [-0.3, -0.25) is 4.98 Å². The molecule has 2 rings (SSSR count). The Balaban J connectivity index is 2.19. The molecule has 0 radical (unpaired) electrons. The summed E-state index contributed by atoms with van der Waals surface area (Å²) in [6.07, 6.45) is 6.22. The van der Waals surface area contributed by atoms with Crippen LogP contribution in [0.2, 0.25) is 5.02 Å². The van der Waals surface area contributed by atoms with E-state index in [1.165, 1.54) is 19.3 Å². The Morgan fingerprint density at radius 2 is 2.21 bits per heavy atom. The number of nitrogens with two attached hydrogens (primary N) is 1. The van der Waals surface area contributed by atoms with Gasteiger partial charge in [-0.05, 0) is 44.7 Å². The summed E-state index contributed by atoms with van der Waals surface area (Å²) in [5.74, 6) is 0.963. The minimum absolute atomic E-state index is 0.327. The third-order valence-corrected chi connectivity index (χ3v) is 5.58. The normalized spacial score (nSPS) is 19.8. The highest BCUT2D eigenvalue weighted by Crippen LogP contribution is 2.43.